The van der Waals surface area contributed by atoms with Crippen LogP contribution in [0.1, 0.15) is 48.6 Å². The normalized spacial score (nSPS) is 11.0. The van der Waals surface area contributed by atoms with Crippen LogP contribution in [-0.2, 0) is 6.54 Å². The topological polar surface area (TPSA) is 80.0 Å². The van der Waals surface area contributed by atoms with Gasteiger partial charge in [-0.25, -0.2) is 14.8 Å². The summed E-state index contributed by atoms with van der Waals surface area (Å²) in [4.78, 5) is 20.5. The molecule has 2 N–H and O–H groups in total. The van der Waals surface area contributed by atoms with Crippen molar-refractivity contribution in [2.45, 2.75) is 47.1 Å². The van der Waals surface area contributed by atoms with E-state index in [0.717, 1.165) is 37.4 Å². The fourth-order valence-electron chi connectivity index (χ4n) is 2.55. The van der Waals surface area contributed by atoms with E-state index in [1.165, 1.54) is 0 Å². The third-order valence-electron chi connectivity index (χ3n) is 3.62. The number of carbonyl (C=O) groups is 1. The molecule has 0 aliphatic rings. The van der Waals surface area contributed by atoms with Gasteiger partial charge in [0.2, 0.25) is 0 Å². The number of fused-ring (bicyclic) bond motifs is 1. The molecular formula is C15H22N4O2. The molecule has 0 spiro atoms. The smallest absolute Gasteiger partial charge is 0.339 e. The van der Waals surface area contributed by atoms with Gasteiger partial charge in [0.15, 0.2) is 5.65 Å². The molecule has 114 valence electrons. The van der Waals surface area contributed by atoms with Crippen LogP contribution in [0.5, 0.6) is 0 Å². The van der Waals surface area contributed by atoms with E-state index in [1.807, 2.05) is 18.4 Å². The van der Waals surface area contributed by atoms with Crippen molar-refractivity contribution in [1.29, 1.82) is 0 Å². The Morgan fingerprint density at radius 3 is 2.57 bits per heavy atom. The van der Waals surface area contributed by atoms with Crippen molar-refractivity contribution in [3.63, 3.8) is 0 Å². The number of carboxylic acids is 1. The number of nitrogens with one attached hydrogen (secondary N) is 1. The summed E-state index contributed by atoms with van der Waals surface area (Å²) in [6.07, 6.45) is 2.03. The lowest BCUT2D eigenvalue weighted by molar-refractivity contribution is 0.0697. The molecule has 0 fully saturated rings. The molecule has 0 aliphatic carbocycles. The number of aromatic nitrogens is 3. The number of pyridine rings is 1. The number of imidazole rings is 1. The molecule has 0 aromatic carbocycles. The van der Waals surface area contributed by atoms with Crippen molar-refractivity contribution in [2.75, 3.05) is 11.9 Å². The predicted molar refractivity (Wildman–Crippen MR) is 83.0 cm³/mol. The molecule has 0 saturated heterocycles. The van der Waals surface area contributed by atoms with E-state index in [4.69, 9.17) is 0 Å². The van der Waals surface area contributed by atoms with Gasteiger partial charge in [0.25, 0.3) is 0 Å². The number of aryl methyl sites for hydroxylation is 3. The average molecular weight is 290 g/mol. The van der Waals surface area contributed by atoms with E-state index in [0.29, 0.717) is 16.9 Å². The lowest BCUT2D eigenvalue weighted by atomic mass is 10.1. The lowest BCUT2D eigenvalue weighted by Crippen LogP contribution is -2.12. The van der Waals surface area contributed by atoms with Crippen molar-refractivity contribution in [2.24, 2.45) is 0 Å². The summed E-state index contributed by atoms with van der Waals surface area (Å²) in [6.45, 7) is 9.26. The zero-order chi connectivity index (χ0) is 15.6. The minimum Gasteiger partial charge on any atom is -0.478 e. The second-order valence-corrected chi connectivity index (χ2v) is 5.11. The van der Waals surface area contributed by atoms with Crippen molar-refractivity contribution in [1.82, 2.24) is 14.5 Å². The maximum atomic E-state index is 11.6. The van der Waals surface area contributed by atoms with E-state index in [9.17, 15) is 9.90 Å². The Morgan fingerprint density at radius 2 is 2.00 bits per heavy atom. The summed E-state index contributed by atoms with van der Waals surface area (Å²) in [7, 11) is 0. The average Bonchev–Trinajstić information content (AvgIpc) is 2.73. The van der Waals surface area contributed by atoms with Crippen LogP contribution in [0.2, 0.25) is 0 Å². The number of nitrogens with zero attached hydrogens (tertiary/aromatic N) is 3. The van der Waals surface area contributed by atoms with E-state index in [1.54, 1.807) is 6.92 Å². The Morgan fingerprint density at radius 1 is 1.29 bits per heavy atom. The lowest BCUT2D eigenvalue weighted by Gasteiger charge is -2.12. The first-order valence-corrected chi connectivity index (χ1v) is 7.35. The molecule has 6 heteroatoms. The quantitative estimate of drug-likeness (QED) is 0.799. The van der Waals surface area contributed by atoms with Crippen molar-refractivity contribution in [3.05, 3.63) is 17.1 Å². The number of hydrogen-bond donors (Lipinski definition) is 2. The molecule has 6 nitrogen and oxygen atoms in total. The Labute approximate surface area is 124 Å². The van der Waals surface area contributed by atoms with Gasteiger partial charge in [-0.1, -0.05) is 13.3 Å². The molecule has 0 saturated carbocycles. The van der Waals surface area contributed by atoms with Gasteiger partial charge in [-0.3, -0.25) is 0 Å². The van der Waals surface area contributed by atoms with Crippen LogP contribution in [0.25, 0.3) is 11.2 Å². The first kappa shape index (κ1) is 15.3. The summed E-state index contributed by atoms with van der Waals surface area (Å²) >= 11 is 0. The van der Waals surface area contributed by atoms with Crippen LogP contribution in [0.15, 0.2) is 0 Å². The van der Waals surface area contributed by atoms with E-state index < -0.39 is 5.97 Å². The summed E-state index contributed by atoms with van der Waals surface area (Å²) in [5.74, 6) is -0.120. The van der Waals surface area contributed by atoms with Crippen LogP contribution in [-0.4, -0.2) is 32.2 Å². The fraction of sp³-hybridized carbons (Fsp3) is 0.533. The molecule has 2 heterocycles. The number of aromatic carboxylic acids is 1. The van der Waals surface area contributed by atoms with Gasteiger partial charge in [0, 0.05) is 13.1 Å². The SMILES string of the molecule is CCCCNc1c(C(=O)O)c(C)nc2c1nc(C)n2CC. The van der Waals surface area contributed by atoms with E-state index in [-0.39, 0.29) is 5.56 Å². The highest BCUT2D eigenvalue weighted by Crippen LogP contribution is 2.29. The second kappa shape index (κ2) is 6.11. The van der Waals surface area contributed by atoms with Crippen molar-refractivity contribution >= 4 is 22.8 Å². The van der Waals surface area contributed by atoms with Gasteiger partial charge in [-0.2, -0.15) is 0 Å². The molecule has 0 bridgehead atoms. The molecule has 0 unspecified atom stereocenters. The first-order chi connectivity index (χ1) is 10.0. The zero-order valence-electron chi connectivity index (χ0n) is 13.0. The van der Waals surface area contributed by atoms with E-state index >= 15 is 0 Å². The van der Waals surface area contributed by atoms with Gasteiger partial charge in [0.05, 0.1) is 11.4 Å². The first-order valence-electron chi connectivity index (χ1n) is 7.35. The molecule has 0 atom stereocenters. The highest BCUT2D eigenvalue weighted by molar-refractivity contribution is 6.03. The van der Waals surface area contributed by atoms with Crippen LogP contribution in [0.4, 0.5) is 5.69 Å². The Hall–Kier alpha value is -2.11. The summed E-state index contributed by atoms with van der Waals surface area (Å²) in [5.41, 5.74) is 2.72. The highest BCUT2D eigenvalue weighted by Gasteiger charge is 2.22. The number of anilines is 1. The Bertz CT molecular complexity index is 676. The number of carboxylic acid groups (broad SMARTS) is 1. The molecule has 2 aromatic rings. The van der Waals surface area contributed by atoms with Crippen LogP contribution in [0.3, 0.4) is 0 Å². The maximum Gasteiger partial charge on any atom is 0.339 e. The fourth-order valence-corrected chi connectivity index (χ4v) is 2.55. The van der Waals surface area contributed by atoms with Crippen LogP contribution >= 0.6 is 0 Å². The Balaban J connectivity index is 2.68. The maximum absolute atomic E-state index is 11.6. The predicted octanol–water partition coefficient (Wildman–Crippen LogP) is 2.98. The van der Waals surface area contributed by atoms with Gasteiger partial charge in [0.1, 0.15) is 16.9 Å². The minimum absolute atomic E-state index is 0.222. The number of hydrogen-bond acceptors (Lipinski definition) is 4. The summed E-state index contributed by atoms with van der Waals surface area (Å²) in [5, 5.41) is 12.7. The molecule has 21 heavy (non-hydrogen) atoms. The summed E-state index contributed by atoms with van der Waals surface area (Å²) in [6, 6.07) is 0. The second-order valence-electron chi connectivity index (χ2n) is 5.11. The number of rotatable bonds is 6. The molecular weight excluding hydrogens is 268 g/mol. The van der Waals surface area contributed by atoms with Gasteiger partial charge in [-0.05, 0) is 27.2 Å². The van der Waals surface area contributed by atoms with Gasteiger partial charge in [-0.15, -0.1) is 0 Å². The molecule has 0 radical (unpaired) electrons. The minimum atomic E-state index is -0.968. The molecule has 2 aromatic heterocycles. The highest BCUT2D eigenvalue weighted by atomic mass is 16.4. The number of unbranched alkanes of at least 4 members (excludes halogenated alkanes) is 1. The third kappa shape index (κ3) is 2.70. The van der Waals surface area contributed by atoms with Gasteiger partial charge < -0.3 is 15.0 Å². The molecule has 0 amide bonds. The largest absolute Gasteiger partial charge is 0.478 e. The zero-order valence-corrected chi connectivity index (χ0v) is 13.0. The monoisotopic (exact) mass is 290 g/mol. The van der Waals surface area contributed by atoms with Crippen LogP contribution in [0, 0.1) is 13.8 Å². The Kier molecular flexibility index (Phi) is 4.45. The third-order valence-corrected chi connectivity index (χ3v) is 3.62. The van der Waals surface area contributed by atoms with Crippen molar-refractivity contribution < 1.29 is 9.90 Å². The van der Waals surface area contributed by atoms with Crippen molar-refractivity contribution in [3.8, 4) is 0 Å². The van der Waals surface area contributed by atoms with Gasteiger partial charge >= 0.3 is 5.97 Å². The van der Waals surface area contributed by atoms with E-state index in [2.05, 4.69) is 22.2 Å². The molecule has 0 aliphatic heterocycles. The standard InChI is InChI=1S/C15H22N4O2/c1-5-7-8-16-12-11(15(20)21)9(3)17-14-13(12)18-10(4)19(14)6-2/h5-8H2,1-4H3,(H,16,17)(H,20,21). The summed E-state index contributed by atoms with van der Waals surface area (Å²) < 4.78 is 2.00. The molecule has 2 rings (SSSR count). The van der Waals surface area contributed by atoms with Crippen LogP contribution < -0.4 is 5.32 Å².